The highest BCUT2D eigenvalue weighted by Crippen LogP contribution is 2.32. The highest BCUT2D eigenvalue weighted by atomic mass is 16.7. The first-order chi connectivity index (χ1) is 16.1. The maximum absolute atomic E-state index is 12.5. The van der Waals surface area contributed by atoms with Crippen LogP contribution in [0.4, 0.5) is 34.9 Å². The van der Waals surface area contributed by atoms with Crippen molar-refractivity contribution in [3.05, 3.63) is 78.4 Å². The zero-order chi connectivity index (χ0) is 22.6. The van der Waals surface area contributed by atoms with Gasteiger partial charge >= 0.3 is 0 Å². The lowest BCUT2D eigenvalue weighted by Gasteiger charge is -2.10. The van der Waals surface area contributed by atoms with Crippen molar-refractivity contribution < 1.29 is 14.3 Å². The molecule has 0 atom stereocenters. The standard InChI is InChI=1S/C23H19N7O3/c24-21-28-22(26-15-4-2-1-3-5-15)30-23(29-21)27-17-9-7-16(8-10-17)25-20(31)14-6-11-18-19(12-14)33-13-32-18/h1-12H,13H2,(H,25,31)(H4,24,26,27,28,29,30). The molecule has 2 heterocycles. The Morgan fingerprint density at radius 3 is 2.12 bits per heavy atom. The summed E-state index contributed by atoms with van der Waals surface area (Å²) in [6, 6.07) is 21.7. The Hall–Kier alpha value is -4.86. The quantitative estimate of drug-likeness (QED) is 0.351. The van der Waals surface area contributed by atoms with Crippen LogP contribution < -0.4 is 31.2 Å². The Morgan fingerprint density at radius 1 is 0.758 bits per heavy atom. The average molecular weight is 441 g/mol. The lowest BCUT2D eigenvalue weighted by molar-refractivity contribution is 0.102. The molecule has 164 valence electrons. The number of nitrogens with zero attached hydrogens (tertiary/aromatic N) is 3. The highest BCUT2D eigenvalue weighted by Gasteiger charge is 2.16. The number of carbonyl (C=O) groups is 1. The van der Waals surface area contributed by atoms with Gasteiger partial charge in [-0.15, -0.1) is 0 Å². The maximum Gasteiger partial charge on any atom is 0.255 e. The number of fused-ring (bicyclic) bond motifs is 1. The molecule has 0 spiro atoms. The minimum Gasteiger partial charge on any atom is -0.454 e. The number of rotatable bonds is 6. The first-order valence-corrected chi connectivity index (χ1v) is 10.0. The largest absolute Gasteiger partial charge is 0.454 e. The summed E-state index contributed by atoms with van der Waals surface area (Å²) in [5, 5.41) is 9.02. The van der Waals surface area contributed by atoms with Crippen molar-refractivity contribution in [2.24, 2.45) is 0 Å². The van der Waals surface area contributed by atoms with Crippen LogP contribution in [0.3, 0.4) is 0 Å². The Bertz CT molecular complexity index is 1300. The molecule has 0 unspecified atom stereocenters. The van der Waals surface area contributed by atoms with Crippen molar-refractivity contribution >= 4 is 40.8 Å². The number of aromatic nitrogens is 3. The molecular formula is C23H19N7O3. The number of nitrogen functional groups attached to an aromatic ring is 1. The summed E-state index contributed by atoms with van der Waals surface area (Å²) in [6.45, 7) is 0.158. The fourth-order valence-electron chi connectivity index (χ4n) is 3.16. The molecule has 0 fully saturated rings. The predicted molar refractivity (Wildman–Crippen MR) is 124 cm³/mol. The summed E-state index contributed by atoms with van der Waals surface area (Å²) < 4.78 is 10.6. The molecule has 0 radical (unpaired) electrons. The topological polar surface area (TPSA) is 136 Å². The van der Waals surface area contributed by atoms with Crippen molar-refractivity contribution in [1.29, 1.82) is 0 Å². The van der Waals surface area contributed by atoms with Crippen LogP contribution in [0.1, 0.15) is 10.4 Å². The number of carbonyl (C=O) groups excluding carboxylic acids is 1. The molecule has 1 aromatic heterocycles. The molecule has 4 aromatic rings. The molecule has 10 heteroatoms. The Kier molecular flexibility index (Phi) is 5.30. The van der Waals surface area contributed by atoms with Crippen molar-refractivity contribution in [3.8, 4) is 11.5 Å². The van der Waals surface area contributed by atoms with E-state index < -0.39 is 0 Å². The number of para-hydroxylation sites is 1. The van der Waals surface area contributed by atoms with Crippen molar-refractivity contribution in [1.82, 2.24) is 15.0 Å². The summed E-state index contributed by atoms with van der Waals surface area (Å²) in [5.74, 6) is 1.62. The molecule has 0 bridgehead atoms. The second kappa shape index (κ2) is 8.71. The van der Waals surface area contributed by atoms with Crippen LogP contribution in [-0.4, -0.2) is 27.7 Å². The van der Waals surface area contributed by atoms with Gasteiger partial charge in [0.1, 0.15) is 0 Å². The molecular weight excluding hydrogens is 422 g/mol. The van der Waals surface area contributed by atoms with Gasteiger partial charge in [-0.25, -0.2) is 0 Å². The van der Waals surface area contributed by atoms with E-state index in [9.17, 15) is 4.79 Å². The summed E-state index contributed by atoms with van der Waals surface area (Å²) in [6.07, 6.45) is 0. The summed E-state index contributed by atoms with van der Waals surface area (Å²) in [7, 11) is 0. The summed E-state index contributed by atoms with van der Waals surface area (Å²) >= 11 is 0. The number of hydrogen-bond donors (Lipinski definition) is 4. The van der Waals surface area contributed by atoms with Gasteiger partial charge in [0.25, 0.3) is 5.91 Å². The maximum atomic E-state index is 12.5. The third-order valence-electron chi connectivity index (χ3n) is 4.72. The average Bonchev–Trinajstić information content (AvgIpc) is 3.29. The van der Waals surface area contributed by atoms with Crippen LogP contribution >= 0.6 is 0 Å². The molecule has 1 amide bonds. The number of hydrogen-bond acceptors (Lipinski definition) is 9. The van der Waals surface area contributed by atoms with E-state index in [1.165, 1.54) is 0 Å². The Morgan fingerprint density at radius 2 is 1.39 bits per heavy atom. The zero-order valence-corrected chi connectivity index (χ0v) is 17.3. The summed E-state index contributed by atoms with van der Waals surface area (Å²) in [5.41, 5.74) is 8.48. The summed E-state index contributed by atoms with van der Waals surface area (Å²) in [4.78, 5) is 25.1. The highest BCUT2D eigenvalue weighted by molar-refractivity contribution is 6.04. The molecule has 1 aliphatic heterocycles. The van der Waals surface area contributed by atoms with Gasteiger partial charge in [-0.1, -0.05) is 18.2 Å². The molecule has 5 rings (SSSR count). The van der Waals surface area contributed by atoms with Crippen LogP contribution in [0.5, 0.6) is 11.5 Å². The van der Waals surface area contributed by atoms with E-state index in [-0.39, 0.29) is 24.6 Å². The van der Waals surface area contributed by atoms with Crippen molar-refractivity contribution in [3.63, 3.8) is 0 Å². The van der Waals surface area contributed by atoms with E-state index >= 15 is 0 Å². The van der Waals surface area contributed by atoms with Gasteiger partial charge in [-0.3, -0.25) is 4.79 Å². The number of anilines is 6. The third kappa shape index (κ3) is 4.74. The fourth-order valence-corrected chi connectivity index (χ4v) is 3.16. The van der Waals surface area contributed by atoms with Crippen LogP contribution in [-0.2, 0) is 0 Å². The van der Waals surface area contributed by atoms with E-state index in [2.05, 4.69) is 30.9 Å². The molecule has 1 aliphatic rings. The zero-order valence-electron chi connectivity index (χ0n) is 17.3. The normalized spacial score (nSPS) is 11.6. The van der Waals surface area contributed by atoms with Crippen LogP contribution in [0.2, 0.25) is 0 Å². The van der Waals surface area contributed by atoms with Gasteiger partial charge in [-0.05, 0) is 54.6 Å². The van der Waals surface area contributed by atoms with Gasteiger partial charge in [-0.2, -0.15) is 15.0 Å². The monoisotopic (exact) mass is 441 g/mol. The fraction of sp³-hybridized carbons (Fsp3) is 0.0435. The van der Waals surface area contributed by atoms with E-state index in [4.69, 9.17) is 15.2 Å². The number of amides is 1. The second-order valence-corrected chi connectivity index (χ2v) is 7.06. The first-order valence-electron chi connectivity index (χ1n) is 10.0. The second-order valence-electron chi connectivity index (χ2n) is 7.06. The van der Waals surface area contributed by atoms with Crippen molar-refractivity contribution in [2.45, 2.75) is 0 Å². The van der Waals surface area contributed by atoms with Gasteiger partial charge in [0.2, 0.25) is 24.6 Å². The van der Waals surface area contributed by atoms with Crippen LogP contribution in [0, 0.1) is 0 Å². The third-order valence-corrected chi connectivity index (χ3v) is 4.72. The minimum atomic E-state index is -0.254. The Balaban J connectivity index is 1.25. The van der Waals surface area contributed by atoms with Crippen molar-refractivity contribution in [2.75, 3.05) is 28.5 Å². The van der Waals surface area contributed by atoms with E-state index in [0.29, 0.717) is 34.4 Å². The van der Waals surface area contributed by atoms with Gasteiger partial charge in [0, 0.05) is 22.6 Å². The van der Waals surface area contributed by atoms with Gasteiger partial charge < -0.3 is 31.2 Å². The minimum absolute atomic E-state index is 0.0820. The van der Waals surface area contributed by atoms with Gasteiger partial charge in [0.05, 0.1) is 0 Å². The van der Waals surface area contributed by atoms with Crippen LogP contribution in [0.25, 0.3) is 0 Å². The SMILES string of the molecule is Nc1nc(Nc2ccccc2)nc(Nc2ccc(NC(=O)c3ccc4c(c3)OCO4)cc2)n1. The molecule has 3 aromatic carbocycles. The molecule has 0 aliphatic carbocycles. The van der Waals surface area contributed by atoms with Gasteiger partial charge in [0.15, 0.2) is 11.5 Å². The number of nitrogens with two attached hydrogens (primary N) is 1. The molecule has 5 N–H and O–H groups in total. The van der Waals surface area contributed by atoms with E-state index in [1.54, 1.807) is 42.5 Å². The van der Waals surface area contributed by atoms with Crippen LogP contribution in [0.15, 0.2) is 72.8 Å². The first kappa shape index (κ1) is 20.1. The smallest absolute Gasteiger partial charge is 0.255 e. The number of nitrogens with one attached hydrogen (secondary N) is 3. The molecule has 10 nitrogen and oxygen atoms in total. The lowest BCUT2D eigenvalue weighted by atomic mass is 10.2. The number of benzene rings is 3. The van der Waals surface area contributed by atoms with E-state index in [0.717, 1.165) is 5.69 Å². The molecule has 0 saturated carbocycles. The Labute approximate surface area is 188 Å². The van der Waals surface area contributed by atoms with E-state index in [1.807, 2.05) is 30.3 Å². The predicted octanol–water partition coefficient (Wildman–Crippen LogP) is 3.92. The molecule has 0 saturated heterocycles. The lowest BCUT2D eigenvalue weighted by Crippen LogP contribution is -2.11. The number of ether oxygens (including phenoxy) is 2. The molecule has 33 heavy (non-hydrogen) atoms.